The molecular formula is C13H23N3S. The number of nitrogens with zero attached hydrogens (tertiary/aromatic N) is 2. The summed E-state index contributed by atoms with van der Waals surface area (Å²) in [5.74, 6) is 0.932. The van der Waals surface area contributed by atoms with Crippen LogP contribution in [0.1, 0.15) is 49.9 Å². The van der Waals surface area contributed by atoms with E-state index in [1.807, 2.05) is 6.92 Å². The van der Waals surface area contributed by atoms with Gasteiger partial charge in [0.1, 0.15) is 5.01 Å². The fourth-order valence-corrected chi connectivity index (χ4v) is 2.95. The molecule has 0 amide bonds. The minimum atomic E-state index is 0.0652. The van der Waals surface area contributed by atoms with Crippen molar-refractivity contribution in [1.29, 1.82) is 0 Å². The number of thiazole rings is 1. The summed E-state index contributed by atoms with van der Waals surface area (Å²) < 4.78 is 0. The second kappa shape index (κ2) is 5.94. The number of hydrogen-bond donors (Lipinski definition) is 1. The first kappa shape index (κ1) is 13.0. The monoisotopic (exact) mass is 253 g/mol. The fraction of sp³-hybridized carbons (Fsp3) is 0.769. The number of aromatic nitrogens is 1. The zero-order valence-electron chi connectivity index (χ0n) is 10.9. The van der Waals surface area contributed by atoms with Gasteiger partial charge in [-0.2, -0.15) is 0 Å². The Balaban J connectivity index is 1.87. The predicted octanol–water partition coefficient (Wildman–Crippen LogP) is 2.78. The molecule has 0 radical (unpaired) electrons. The summed E-state index contributed by atoms with van der Waals surface area (Å²) >= 11 is 1.69. The lowest BCUT2D eigenvalue weighted by atomic mass is 9.85. The van der Waals surface area contributed by atoms with Crippen molar-refractivity contribution in [3.8, 4) is 0 Å². The Bertz CT molecular complexity index is 344. The van der Waals surface area contributed by atoms with Crippen molar-refractivity contribution < 1.29 is 0 Å². The maximum atomic E-state index is 5.84. The zero-order chi connectivity index (χ0) is 12.3. The molecule has 1 fully saturated rings. The van der Waals surface area contributed by atoms with Crippen molar-refractivity contribution in [2.45, 2.75) is 45.7 Å². The van der Waals surface area contributed by atoms with Gasteiger partial charge in [0.05, 0.1) is 11.7 Å². The molecule has 17 heavy (non-hydrogen) atoms. The second-order valence-electron chi connectivity index (χ2n) is 5.09. The molecule has 4 heteroatoms. The number of rotatable bonds is 6. The highest BCUT2D eigenvalue weighted by molar-refractivity contribution is 7.09. The lowest BCUT2D eigenvalue weighted by Crippen LogP contribution is -2.32. The molecule has 1 saturated carbocycles. The summed E-state index contributed by atoms with van der Waals surface area (Å²) in [5.41, 5.74) is 7.02. The Hall–Kier alpha value is -0.450. The third-order valence-corrected chi connectivity index (χ3v) is 4.63. The molecule has 1 atom stereocenters. The Morgan fingerprint density at radius 3 is 2.82 bits per heavy atom. The molecule has 0 aliphatic heterocycles. The van der Waals surface area contributed by atoms with Gasteiger partial charge in [0.25, 0.3) is 0 Å². The zero-order valence-corrected chi connectivity index (χ0v) is 11.7. The van der Waals surface area contributed by atoms with Gasteiger partial charge in [-0.25, -0.2) is 4.98 Å². The van der Waals surface area contributed by atoms with Crippen LogP contribution in [0.5, 0.6) is 0 Å². The Kier molecular flexibility index (Phi) is 4.54. The first-order chi connectivity index (χ1) is 8.19. The van der Waals surface area contributed by atoms with Gasteiger partial charge in [0, 0.05) is 18.5 Å². The first-order valence-electron chi connectivity index (χ1n) is 6.61. The summed E-state index contributed by atoms with van der Waals surface area (Å²) in [6, 6.07) is 0.0652. The van der Waals surface area contributed by atoms with Crippen LogP contribution in [-0.2, 0) is 6.54 Å². The molecule has 2 rings (SSSR count). The molecule has 1 aliphatic carbocycles. The molecular weight excluding hydrogens is 230 g/mol. The summed E-state index contributed by atoms with van der Waals surface area (Å²) in [7, 11) is 0. The first-order valence-corrected chi connectivity index (χ1v) is 7.49. The minimum absolute atomic E-state index is 0.0652. The van der Waals surface area contributed by atoms with Crippen LogP contribution in [-0.4, -0.2) is 23.0 Å². The van der Waals surface area contributed by atoms with Crippen LogP contribution < -0.4 is 5.73 Å². The van der Waals surface area contributed by atoms with Crippen molar-refractivity contribution >= 4 is 11.3 Å². The van der Waals surface area contributed by atoms with Crippen molar-refractivity contribution in [3.05, 3.63) is 16.1 Å². The van der Waals surface area contributed by atoms with Crippen LogP contribution in [0.2, 0.25) is 0 Å². The smallest absolute Gasteiger partial charge is 0.109 e. The predicted molar refractivity (Wildman–Crippen MR) is 73.0 cm³/mol. The quantitative estimate of drug-likeness (QED) is 0.847. The molecule has 3 nitrogen and oxygen atoms in total. The fourth-order valence-electron chi connectivity index (χ4n) is 2.18. The van der Waals surface area contributed by atoms with E-state index < -0.39 is 0 Å². The van der Waals surface area contributed by atoms with E-state index >= 15 is 0 Å². The maximum absolute atomic E-state index is 5.84. The van der Waals surface area contributed by atoms with Crippen molar-refractivity contribution in [1.82, 2.24) is 9.88 Å². The Morgan fingerprint density at radius 1 is 1.59 bits per heavy atom. The average Bonchev–Trinajstić information content (AvgIpc) is 2.70. The van der Waals surface area contributed by atoms with Gasteiger partial charge in [0.15, 0.2) is 0 Å². The van der Waals surface area contributed by atoms with Crippen LogP contribution in [0.4, 0.5) is 0 Å². The van der Waals surface area contributed by atoms with E-state index in [1.165, 1.54) is 31.5 Å². The van der Waals surface area contributed by atoms with Gasteiger partial charge in [-0.15, -0.1) is 11.3 Å². The molecule has 1 heterocycles. The van der Waals surface area contributed by atoms with Crippen LogP contribution in [0.25, 0.3) is 0 Å². The van der Waals surface area contributed by atoms with E-state index in [1.54, 1.807) is 11.3 Å². The third-order valence-electron chi connectivity index (χ3n) is 3.53. The maximum Gasteiger partial charge on any atom is 0.109 e. The van der Waals surface area contributed by atoms with Gasteiger partial charge in [-0.1, -0.05) is 13.3 Å². The molecule has 2 N–H and O–H groups in total. The summed E-state index contributed by atoms with van der Waals surface area (Å²) in [6.45, 7) is 7.56. The largest absolute Gasteiger partial charge is 0.322 e. The Labute approximate surface area is 108 Å². The molecule has 1 aliphatic rings. The molecule has 1 unspecified atom stereocenters. The summed E-state index contributed by atoms with van der Waals surface area (Å²) in [6.07, 6.45) is 4.26. The van der Waals surface area contributed by atoms with E-state index in [0.717, 1.165) is 24.0 Å². The molecule has 0 bridgehead atoms. The number of nitrogens with two attached hydrogens (primary N) is 1. The van der Waals surface area contributed by atoms with Gasteiger partial charge in [-0.05, 0) is 32.2 Å². The van der Waals surface area contributed by atoms with Crippen molar-refractivity contribution in [2.24, 2.45) is 11.7 Å². The van der Waals surface area contributed by atoms with Crippen LogP contribution in [0, 0.1) is 5.92 Å². The van der Waals surface area contributed by atoms with Gasteiger partial charge in [0.2, 0.25) is 0 Å². The molecule has 96 valence electrons. The van der Waals surface area contributed by atoms with Gasteiger partial charge in [-0.3, -0.25) is 4.90 Å². The normalized spacial score (nSPS) is 18.4. The van der Waals surface area contributed by atoms with E-state index in [2.05, 4.69) is 22.2 Å². The number of hydrogen-bond acceptors (Lipinski definition) is 4. The van der Waals surface area contributed by atoms with E-state index in [9.17, 15) is 0 Å². The highest BCUT2D eigenvalue weighted by Gasteiger charge is 2.20. The molecule has 0 spiro atoms. The van der Waals surface area contributed by atoms with E-state index in [0.29, 0.717) is 0 Å². The standard InChI is InChI=1S/C13H23N3S/c1-3-16(7-11-5-4-6-11)8-12-9-17-13(15-12)10(2)14/h9-11H,3-8,14H2,1-2H3. The average molecular weight is 253 g/mol. The summed E-state index contributed by atoms with van der Waals surface area (Å²) in [4.78, 5) is 7.10. The van der Waals surface area contributed by atoms with Gasteiger partial charge >= 0.3 is 0 Å². The second-order valence-corrected chi connectivity index (χ2v) is 5.98. The van der Waals surface area contributed by atoms with E-state index in [-0.39, 0.29) is 6.04 Å². The highest BCUT2D eigenvalue weighted by Crippen LogP contribution is 2.27. The van der Waals surface area contributed by atoms with Crippen LogP contribution in [0.15, 0.2) is 5.38 Å². The molecule has 1 aromatic heterocycles. The summed E-state index contributed by atoms with van der Waals surface area (Å²) in [5, 5.41) is 3.21. The highest BCUT2D eigenvalue weighted by atomic mass is 32.1. The lowest BCUT2D eigenvalue weighted by Gasteiger charge is -2.31. The van der Waals surface area contributed by atoms with Crippen LogP contribution in [0.3, 0.4) is 0 Å². The van der Waals surface area contributed by atoms with Gasteiger partial charge < -0.3 is 5.73 Å². The van der Waals surface area contributed by atoms with Crippen molar-refractivity contribution in [3.63, 3.8) is 0 Å². The van der Waals surface area contributed by atoms with E-state index in [4.69, 9.17) is 5.73 Å². The van der Waals surface area contributed by atoms with Crippen LogP contribution >= 0.6 is 11.3 Å². The molecule has 0 saturated heterocycles. The minimum Gasteiger partial charge on any atom is -0.322 e. The topological polar surface area (TPSA) is 42.1 Å². The Morgan fingerprint density at radius 2 is 2.35 bits per heavy atom. The molecule has 0 aromatic carbocycles. The SMILES string of the molecule is CCN(Cc1csc(C(C)N)n1)CC1CCC1. The third kappa shape index (κ3) is 3.50. The molecule has 1 aromatic rings. The lowest BCUT2D eigenvalue weighted by molar-refractivity contribution is 0.177. The van der Waals surface area contributed by atoms with Crippen molar-refractivity contribution in [2.75, 3.05) is 13.1 Å².